The van der Waals surface area contributed by atoms with Crippen LogP contribution < -0.4 is 5.32 Å². The third-order valence-electron chi connectivity index (χ3n) is 6.70. The number of piperazine rings is 1. The molecule has 2 atom stereocenters. The van der Waals surface area contributed by atoms with E-state index in [4.69, 9.17) is 4.74 Å². The number of fused-ring (bicyclic) bond motifs is 1. The number of benzene rings is 2. The molecule has 2 unspecified atom stereocenters. The van der Waals surface area contributed by atoms with E-state index in [0.29, 0.717) is 16.5 Å². The highest BCUT2D eigenvalue weighted by atomic mass is 16.6. The van der Waals surface area contributed by atoms with E-state index in [-0.39, 0.29) is 42.8 Å². The summed E-state index contributed by atoms with van der Waals surface area (Å²) in [5.41, 5.74) is 1.32. The number of aliphatic hydroxyl groups is 1. The molecule has 0 bridgehead atoms. The average molecular weight is 565 g/mol. The minimum atomic E-state index is -1.76. The third kappa shape index (κ3) is 6.79. The van der Waals surface area contributed by atoms with Crippen LogP contribution in [0.2, 0.25) is 0 Å². The number of hydrogen-bond acceptors (Lipinski definition) is 7. The predicted molar refractivity (Wildman–Crippen MR) is 148 cm³/mol. The molecule has 0 aliphatic carbocycles. The number of carboxylic acids is 1. The molecule has 0 radical (unpaired) electrons. The molecule has 0 spiro atoms. The van der Waals surface area contributed by atoms with Crippen LogP contribution in [-0.4, -0.2) is 92.0 Å². The molecule has 3 aromatic rings. The van der Waals surface area contributed by atoms with E-state index in [2.05, 4.69) is 10.3 Å². The Balaban J connectivity index is 1.45. The fraction of sp³-hybridized carbons (Fsp3) is 0.345. The lowest BCUT2D eigenvalue weighted by atomic mass is 10.1. The molecule has 2 heterocycles. The SMILES string of the molecule is CC1CN(C(=O)c2ccccc2)CCN1C(=O)C(=O)c1c[nH]c2c(NC(=O)CC(OC(C)(C)O)C(=O)O)cccc12. The predicted octanol–water partition coefficient (Wildman–Crippen LogP) is 2.25. The van der Waals surface area contributed by atoms with Crippen molar-refractivity contribution >= 4 is 46.1 Å². The number of ketones is 1. The third-order valence-corrected chi connectivity index (χ3v) is 6.70. The van der Waals surface area contributed by atoms with Crippen molar-refractivity contribution in [1.82, 2.24) is 14.8 Å². The Hall–Kier alpha value is -4.55. The topological polar surface area (TPSA) is 169 Å². The van der Waals surface area contributed by atoms with Gasteiger partial charge in [0.1, 0.15) is 0 Å². The molecular formula is C29H32N4O8. The van der Waals surface area contributed by atoms with Gasteiger partial charge in [-0.15, -0.1) is 0 Å². The van der Waals surface area contributed by atoms with Crippen LogP contribution in [0.1, 0.15) is 47.9 Å². The summed E-state index contributed by atoms with van der Waals surface area (Å²) in [6.07, 6.45) is -0.770. The summed E-state index contributed by atoms with van der Waals surface area (Å²) in [7, 11) is 0. The van der Waals surface area contributed by atoms with E-state index in [0.717, 1.165) is 0 Å². The van der Waals surface area contributed by atoms with Gasteiger partial charge in [0, 0.05) is 42.8 Å². The summed E-state index contributed by atoms with van der Waals surface area (Å²) in [5, 5.41) is 22.1. The Morgan fingerprint density at radius 1 is 1.07 bits per heavy atom. The molecule has 1 fully saturated rings. The largest absolute Gasteiger partial charge is 0.479 e. The van der Waals surface area contributed by atoms with Crippen LogP contribution in [0.25, 0.3) is 10.9 Å². The van der Waals surface area contributed by atoms with Crippen LogP contribution in [0.4, 0.5) is 5.69 Å². The zero-order chi connectivity index (χ0) is 29.9. The molecule has 3 amide bonds. The highest BCUT2D eigenvalue weighted by Gasteiger charge is 2.34. The number of anilines is 1. The smallest absolute Gasteiger partial charge is 0.333 e. The number of carbonyl (C=O) groups is 5. The number of carbonyl (C=O) groups excluding carboxylic acids is 4. The zero-order valence-electron chi connectivity index (χ0n) is 22.9. The van der Waals surface area contributed by atoms with E-state index in [9.17, 15) is 34.2 Å². The van der Waals surface area contributed by atoms with Gasteiger partial charge in [-0.2, -0.15) is 0 Å². The quantitative estimate of drug-likeness (QED) is 0.174. The number of para-hydroxylation sites is 1. The summed E-state index contributed by atoms with van der Waals surface area (Å²) in [6, 6.07) is 13.2. The van der Waals surface area contributed by atoms with Gasteiger partial charge in [0.15, 0.2) is 11.9 Å². The first-order valence-corrected chi connectivity index (χ1v) is 13.1. The molecule has 2 aromatic carbocycles. The number of nitrogens with one attached hydrogen (secondary N) is 2. The molecule has 12 nitrogen and oxygen atoms in total. The highest BCUT2D eigenvalue weighted by molar-refractivity contribution is 6.45. The van der Waals surface area contributed by atoms with Crippen molar-refractivity contribution < 1.29 is 38.9 Å². The van der Waals surface area contributed by atoms with Crippen molar-refractivity contribution in [3.8, 4) is 0 Å². The van der Waals surface area contributed by atoms with Crippen LogP contribution >= 0.6 is 0 Å². The van der Waals surface area contributed by atoms with E-state index >= 15 is 0 Å². The molecule has 0 saturated carbocycles. The lowest BCUT2D eigenvalue weighted by Gasteiger charge is -2.39. The maximum atomic E-state index is 13.3. The van der Waals surface area contributed by atoms with Gasteiger partial charge in [-0.1, -0.05) is 30.3 Å². The normalized spacial score (nSPS) is 16.3. The van der Waals surface area contributed by atoms with E-state index < -0.39 is 41.9 Å². The number of amides is 3. The lowest BCUT2D eigenvalue weighted by Crippen LogP contribution is -2.56. The fourth-order valence-corrected chi connectivity index (χ4v) is 4.80. The summed E-state index contributed by atoms with van der Waals surface area (Å²) < 4.78 is 5.04. The lowest BCUT2D eigenvalue weighted by molar-refractivity contribution is -0.215. The van der Waals surface area contributed by atoms with Crippen LogP contribution in [0, 0.1) is 0 Å². The standard InChI is InChI=1S/C29H32N4O8/c1-17-16-32(26(36)18-8-5-4-6-9-18)12-13-33(17)27(37)25(35)20-15-30-24-19(20)10-7-11-21(24)31-23(34)14-22(28(38)39)41-29(2,3)40/h4-11,15,17,22,30,40H,12-14,16H2,1-3H3,(H,31,34)(H,38,39). The van der Waals surface area contributed by atoms with Crippen LogP contribution in [0.5, 0.6) is 0 Å². The Morgan fingerprint density at radius 3 is 2.41 bits per heavy atom. The van der Waals surface area contributed by atoms with Gasteiger partial charge >= 0.3 is 5.97 Å². The van der Waals surface area contributed by atoms with Crippen LogP contribution in [0.3, 0.4) is 0 Å². The molecule has 216 valence electrons. The first-order chi connectivity index (χ1) is 19.4. The maximum absolute atomic E-state index is 13.3. The Morgan fingerprint density at radius 2 is 1.78 bits per heavy atom. The van der Waals surface area contributed by atoms with Gasteiger partial charge in [-0.05, 0) is 39.0 Å². The number of aromatic nitrogens is 1. The number of aromatic amines is 1. The van der Waals surface area contributed by atoms with Crippen LogP contribution in [0.15, 0.2) is 54.7 Å². The van der Waals surface area contributed by atoms with E-state index in [1.165, 1.54) is 24.9 Å². The molecule has 4 N–H and O–H groups in total. The van der Waals surface area contributed by atoms with Gasteiger partial charge in [-0.3, -0.25) is 19.2 Å². The number of nitrogens with zero attached hydrogens (tertiary/aromatic N) is 2. The second-order valence-corrected chi connectivity index (χ2v) is 10.4. The fourth-order valence-electron chi connectivity index (χ4n) is 4.80. The van der Waals surface area contributed by atoms with E-state index in [1.807, 2.05) is 6.07 Å². The summed E-state index contributed by atoms with van der Waals surface area (Å²) in [6.45, 7) is 5.06. The van der Waals surface area contributed by atoms with E-state index in [1.54, 1.807) is 54.3 Å². The molecule has 1 aliphatic heterocycles. The Kier molecular flexibility index (Phi) is 8.55. The van der Waals surface area contributed by atoms with Gasteiger partial charge in [0.2, 0.25) is 5.91 Å². The van der Waals surface area contributed by atoms with Gasteiger partial charge in [0.05, 0.1) is 23.2 Å². The number of Topliss-reactive ketones (excluding diaryl/α,β-unsaturated/α-hetero) is 1. The maximum Gasteiger partial charge on any atom is 0.333 e. The molecule has 1 aliphatic rings. The molecule has 41 heavy (non-hydrogen) atoms. The summed E-state index contributed by atoms with van der Waals surface area (Å²) in [5.74, 6) is -5.43. The van der Waals surface area contributed by atoms with Crippen molar-refractivity contribution in [3.05, 3.63) is 65.9 Å². The number of hydrogen-bond donors (Lipinski definition) is 4. The zero-order valence-corrected chi connectivity index (χ0v) is 22.9. The highest BCUT2D eigenvalue weighted by Crippen LogP contribution is 2.27. The summed E-state index contributed by atoms with van der Waals surface area (Å²) >= 11 is 0. The van der Waals surface area contributed by atoms with Gasteiger partial charge in [0.25, 0.3) is 17.6 Å². The number of ether oxygens (including phenoxy) is 1. The second kappa shape index (κ2) is 11.9. The molecule has 1 aromatic heterocycles. The summed E-state index contributed by atoms with van der Waals surface area (Å²) in [4.78, 5) is 69.5. The average Bonchev–Trinajstić information content (AvgIpc) is 3.36. The monoisotopic (exact) mass is 564 g/mol. The molecular weight excluding hydrogens is 532 g/mol. The van der Waals surface area contributed by atoms with Crippen molar-refractivity contribution in [2.45, 2.75) is 45.1 Å². The molecule has 12 heteroatoms. The van der Waals surface area contributed by atoms with Crippen LogP contribution in [-0.2, 0) is 19.1 Å². The number of aliphatic carboxylic acids is 1. The second-order valence-electron chi connectivity index (χ2n) is 10.4. The Labute approximate surface area is 235 Å². The van der Waals surface area contributed by atoms with Gasteiger partial charge < -0.3 is 35.1 Å². The van der Waals surface area contributed by atoms with Gasteiger partial charge in [-0.25, -0.2) is 4.79 Å². The van der Waals surface area contributed by atoms with Crippen molar-refractivity contribution in [1.29, 1.82) is 0 Å². The minimum absolute atomic E-state index is 0.116. The van der Waals surface area contributed by atoms with Crippen molar-refractivity contribution in [3.63, 3.8) is 0 Å². The number of rotatable bonds is 9. The molecule has 1 saturated heterocycles. The minimum Gasteiger partial charge on any atom is -0.479 e. The number of carboxylic acid groups (broad SMARTS) is 1. The van der Waals surface area contributed by atoms with Crippen molar-refractivity contribution in [2.24, 2.45) is 0 Å². The molecule has 4 rings (SSSR count). The first-order valence-electron chi connectivity index (χ1n) is 13.1. The first kappa shape index (κ1) is 29.4. The van der Waals surface area contributed by atoms with Crippen molar-refractivity contribution in [2.75, 3.05) is 25.0 Å². The Bertz CT molecular complexity index is 1480. The number of H-pyrrole nitrogens is 1.